The number of methoxy groups -OCH3 is 1. The van der Waals surface area contributed by atoms with Crippen LogP contribution in [0.5, 0.6) is 0 Å². The normalized spacial score (nSPS) is 13.0. The number of nitrogens with two attached hydrogens (primary N) is 1. The quantitative estimate of drug-likeness (QED) is 0.816. The van der Waals surface area contributed by atoms with E-state index < -0.39 is 6.04 Å². The largest absolute Gasteiger partial charge is 0.383 e. The minimum absolute atomic E-state index is 0. The highest BCUT2D eigenvalue weighted by Gasteiger charge is 2.20. The van der Waals surface area contributed by atoms with Crippen LogP contribution in [0.3, 0.4) is 0 Å². The standard InChI is InChI=1S/C16H20FN3O2S.ClH/c1-9(19-15(21)13(18)8-22-3)14-10(2)20-16(23-14)11-4-6-12(17)7-5-11;/h4-7,9,13H,8,18H2,1-3H3,(H,19,21);1H. The van der Waals surface area contributed by atoms with Crippen LogP contribution in [0.2, 0.25) is 0 Å². The van der Waals surface area contributed by atoms with E-state index in [1.807, 2.05) is 13.8 Å². The van der Waals surface area contributed by atoms with E-state index >= 15 is 0 Å². The number of nitrogens with zero attached hydrogens (tertiary/aromatic N) is 1. The van der Waals surface area contributed by atoms with Gasteiger partial charge in [-0.05, 0) is 38.1 Å². The molecule has 1 heterocycles. The summed E-state index contributed by atoms with van der Waals surface area (Å²) in [6, 6.07) is 5.27. The predicted octanol–water partition coefficient (Wildman–Crippen LogP) is 2.83. The summed E-state index contributed by atoms with van der Waals surface area (Å²) in [6.07, 6.45) is 0. The van der Waals surface area contributed by atoms with Gasteiger partial charge < -0.3 is 15.8 Å². The number of ether oxygens (including phenoxy) is 1. The second-order valence-electron chi connectivity index (χ2n) is 5.27. The summed E-state index contributed by atoms with van der Waals surface area (Å²) in [5, 5.41) is 3.65. The molecule has 2 rings (SSSR count). The van der Waals surface area contributed by atoms with Crippen molar-refractivity contribution < 1.29 is 13.9 Å². The Hall–Kier alpha value is -1.54. The van der Waals surface area contributed by atoms with Gasteiger partial charge in [-0.2, -0.15) is 0 Å². The van der Waals surface area contributed by atoms with E-state index in [9.17, 15) is 9.18 Å². The molecule has 0 aliphatic heterocycles. The Kier molecular flexibility index (Phi) is 7.75. The monoisotopic (exact) mass is 373 g/mol. The molecule has 2 unspecified atom stereocenters. The molecule has 24 heavy (non-hydrogen) atoms. The molecule has 2 atom stereocenters. The van der Waals surface area contributed by atoms with E-state index in [4.69, 9.17) is 10.5 Å². The molecule has 1 aromatic heterocycles. The first-order valence-electron chi connectivity index (χ1n) is 7.20. The van der Waals surface area contributed by atoms with Crippen molar-refractivity contribution in [1.82, 2.24) is 10.3 Å². The molecule has 5 nitrogen and oxygen atoms in total. The van der Waals surface area contributed by atoms with Gasteiger partial charge in [-0.1, -0.05) is 0 Å². The van der Waals surface area contributed by atoms with Crippen LogP contribution < -0.4 is 11.1 Å². The summed E-state index contributed by atoms with van der Waals surface area (Å²) in [5.74, 6) is -0.550. The second-order valence-corrected chi connectivity index (χ2v) is 6.30. The van der Waals surface area contributed by atoms with Crippen molar-refractivity contribution in [2.75, 3.05) is 13.7 Å². The van der Waals surface area contributed by atoms with Gasteiger partial charge in [-0.25, -0.2) is 9.37 Å². The molecule has 0 spiro atoms. The number of rotatable bonds is 6. The first-order valence-corrected chi connectivity index (χ1v) is 8.02. The molecule has 8 heteroatoms. The van der Waals surface area contributed by atoms with Crippen molar-refractivity contribution in [3.05, 3.63) is 40.7 Å². The van der Waals surface area contributed by atoms with E-state index in [0.717, 1.165) is 21.1 Å². The molecule has 0 radical (unpaired) electrons. The van der Waals surface area contributed by atoms with Gasteiger partial charge in [0, 0.05) is 12.7 Å². The molecule has 0 aliphatic carbocycles. The van der Waals surface area contributed by atoms with Crippen LogP contribution in [0, 0.1) is 12.7 Å². The Morgan fingerprint density at radius 1 is 1.42 bits per heavy atom. The number of carbonyl (C=O) groups excluding carboxylic acids is 1. The Bertz CT molecular complexity index is 678. The molecular formula is C16H21ClFN3O2S. The predicted molar refractivity (Wildman–Crippen MR) is 95.9 cm³/mol. The van der Waals surface area contributed by atoms with Gasteiger partial charge in [0.25, 0.3) is 0 Å². The van der Waals surface area contributed by atoms with E-state index in [1.165, 1.54) is 30.6 Å². The first-order chi connectivity index (χ1) is 10.9. The molecule has 132 valence electrons. The molecule has 0 saturated heterocycles. The zero-order chi connectivity index (χ0) is 17.0. The highest BCUT2D eigenvalue weighted by atomic mass is 35.5. The number of amides is 1. The van der Waals surface area contributed by atoms with Crippen LogP contribution in [-0.4, -0.2) is 30.6 Å². The van der Waals surface area contributed by atoms with Crippen LogP contribution in [0.15, 0.2) is 24.3 Å². The zero-order valence-corrected chi connectivity index (χ0v) is 15.3. The highest BCUT2D eigenvalue weighted by molar-refractivity contribution is 7.15. The summed E-state index contributed by atoms with van der Waals surface area (Å²) in [6.45, 7) is 3.93. The number of benzene rings is 1. The third-order valence-electron chi connectivity index (χ3n) is 3.36. The van der Waals surface area contributed by atoms with Crippen LogP contribution in [-0.2, 0) is 9.53 Å². The van der Waals surface area contributed by atoms with Crippen molar-refractivity contribution in [2.45, 2.75) is 25.9 Å². The Morgan fingerprint density at radius 3 is 2.62 bits per heavy atom. The van der Waals surface area contributed by atoms with Gasteiger partial charge in [0.05, 0.1) is 23.2 Å². The van der Waals surface area contributed by atoms with E-state index in [-0.39, 0.29) is 36.8 Å². The van der Waals surface area contributed by atoms with Crippen molar-refractivity contribution >= 4 is 29.7 Å². The fraction of sp³-hybridized carbons (Fsp3) is 0.375. The van der Waals surface area contributed by atoms with Crippen molar-refractivity contribution in [2.24, 2.45) is 5.73 Å². The maximum absolute atomic E-state index is 13.0. The number of thiazole rings is 1. The lowest BCUT2D eigenvalue weighted by molar-refractivity contribution is -0.124. The summed E-state index contributed by atoms with van der Waals surface area (Å²) < 4.78 is 17.9. The molecular weight excluding hydrogens is 353 g/mol. The van der Waals surface area contributed by atoms with E-state index in [2.05, 4.69) is 10.3 Å². The number of aromatic nitrogens is 1. The summed E-state index contributed by atoms with van der Waals surface area (Å²) in [4.78, 5) is 17.4. The lowest BCUT2D eigenvalue weighted by Gasteiger charge is -2.16. The maximum atomic E-state index is 13.0. The van der Waals surface area contributed by atoms with Crippen molar-refractivity contribution in [3.63, 3.8) is 0 Å². The number of carbonyl (C=O) groups is 1. The maximum Gasteiger partial charge on any atom is 0.239 e. The molecule has 0 aliphatic rings. The first kappa shape index (κ1) is 20.5. The van der Waals surface area contributed by atoms with Gasteiger partial charge in [0.2, 0.25) is 5.91 Å². The topological polar surface area (TPSA) is 77.2 Å². The van der Waals surface area contributed by atoms with Gasteiger partial charge >= 0.3 is 0 Å². The Morgan fingerprint density at radius 2 is 2.04 bits per heavy atom. The fourth-order valence-corrected chi connectivity index (χ4v) is 3.24. The molecule has 1 amide bonds. The third-order valence-corrected chi connectivity index (χ3v) is 4.75. The number of halogens is 2. The smallest absolute Gasteiger partial charge is 0.239 e. The highest BCUT2D eigenvalue weighted by Crippen LogP contribution is 2.31. The Balaban J connectivity index is 0.00000288. The average molecular weight is 374 g/mol. The van der Waals surface area contributed by atoms with Gasteiger partial charge in [0.1, 0.15) is 16.9 Å². The number of hydrogen-bond acceptors (Lipinski definition) is 5. The van der Waals surface area contributed by atoms with Gasteiger partial charge in [-0.3, -0.25) is 4.79 Å². The molecule has 2 aromatic rings. The third kappa shape index (κ3) is 4.98. The van der Waals surface area contributed by atoms with Crippen LogP contribution in [0.1, 0.15) is 23.5 Å². The molecule has 0 fully saturated rings. The molecule has 0 saturated carbocycles. The fourth-order valence-electron chi connectivity index (χ4n) is 2.17. The van der Waals surface area contributed by atoms with Crippen LogP contribution in [0.4, 0.5) is 4.39 Å². The SMILES string of the molecule is COCC(N)C(=O)NC(C)c1sc(-c2ccc(F)cc2)nc1C.Cl. The van der Waals surface area contributed by atoms with Gasteiger partial charge in [0.15, 0.2) is 0 Å². The van der Waals surface area contributed by atoms with E-state index in [1.54, 1.807) is 12.1 Å². The lowest BCUT2D eigenvalue weighted by Crippen LogP contribution is -2.44. The molecule has 3 N–H and O–H groups in total. The Labute approximate surface area is 150 Å². The summed E-state index contributed by atoms with van der Waals surface area (Å²) in [7, 11) is 1.50. The summed E-state index contributed by atoms with van der Waals surface area (Å²) in [5.41, 5.74) is 7.40. The number of aryl methyl sites for hydroxylation is 1. The van der Waals surface area contributed by atoms with Crippen molar-refractivity contribution in [1.29, 1.82) is 0 Å². The molecule has 0 bridgehead atoms. The minimum atomic E-state index is -0.702. The van der Waals surface area contributed by atoms with Crippen molar-refractivity contribution in [3.8, 4) is 10.6 Å². The summed E-state index contributed by atoms with van der Waals surface area (Å²) >= 11 is 1.47. The average Bonchev–Trinajstić information content (AvgIpc) is 2.90. The lowest BCUT2D eigenvalue weighted by atomic mass is 10.2. The van der Waals surface area contributed by atoms with Crippen LogP contribution >= 0.6 is 23.7 Å². The van der Waals surface area contributed by atoms with Crippen LogP contribution in [0.25, 0.3) is 10.6 Å². The number of nitrogens with one attached hydrogen (secondary N) is 1. The zero-order valence-electron chi connectivity index (χ0n) is 13.7. The van der Waals surface area contributed by atoms with Gasteiger partial charge in [-0.15, -0.1) is 23.7 Å². The molecule has 1 aromatic carbocycles. The number of hydrogen-bond donors (Lipinski definition) is 2. The minimum Gasteiger partial charge on any atom is -0.383 e. The van der Waals surface area contributed by atoms with E-state index in [0.29, 0.717) is 0 Å². The second kappa shape index (κ2) is 9.08.